The van der Waals surface area contributed by atoms with Crippen molar-refractivity contribution in [3.8, 4) is 0 Å². The minimum atomic E-state index is 0.0883. The molecule has 0 spiro atoms. The molecule has 0 aliphatic carbocycles. The Balaban J connectivity index is 2.87. The SMILES string of the molecule is CC(C)CCSCCOCCOCCO. The van der Waals surface area contributed by atoms with Gasteiger partial charge in [-0.15, -0.1) is 0 Å². The monoisotopic (exact) mass is 236 g/mol. The molecule has 3 nitrogen and oxygen atoms in total. The fourth-order valence-corrected chi connectivity index (χ4v) is 2.00. The topological polar surface area (TPSA) is 38.7 Å². The van der Waals surface area contributed by atoms with Gasteiger partial charge in [0.2, 0.25) is 0 Å². The van der Waals surface area contributed by atoms with Crippen LogP contribution >= 0.6 is 11.8 Å². The molecule has 0 aromatic heterocycles. The molecule has 0 rings (SSSR count). The van der Waals surface area contributed by atoms with Gasteiger partial charge in [0.15, 0.2) is 0 Å². The van der Waals surface area contributed by atoms with Gasteiger partial charge in [0, 0.05) is 5.75 Å². The molecule has 0 radical (unpaired) electrons. The largest absolute Gasteiger partial charge is 0.394 e. The molecular weight excluding hydrogens is 212 g/mol. The van der Waals surface area contributed by atoms with E-state index in [4.69, 9.17) is 14.6 Å². The Kier molecular flexibility index (Phi) is 12.5. The zero-order valence-corrected chi connectivity index (χ0v) is 10.7. The maximum atomic E-state index is 8.44. The van der Waals surface area contributed by atoms with Crippen LogP contribution in [0, 0.1) is 5.92 Å². The number of hydrogen-bond donors (Lipinski definition) is 1. The molecular formula is C11H24O3S. The summed E-state index contributed by atoms with van der Waals surface area (Å²) in [6.45, 7) is 7.00. The molecule has 0 heterocycles. The lowest BCUT2D eigenvalue weighted by Crippen LogP contribution is -2.08. The highest BCUT2D eigenvalue weighted by Crippen LogP contribution is 2.07. The zero-order valence-electron chi connectivity index (χ0n) is 9.91. The van der Waals surface area contributed by atoms with Crippen molar-refractivity contribution < 1.29 is 14.6 Å². The van der Waals surface area contributed by atoms with Gasteiger partial charge in [-0.2, -0.15) is 11.8 Å². The zero-order chi connectivity index (χ0) is 11.4. The van der Waals surface area contributed by atoms with Crippen LogP contribution in [0.4, 0.5) is 0 Å². The number of ether oxygens (including phenoxy) is 2. The average molecular weight is 236 g/mol. The van der Waals surface area contributed by atoms with Gasteiger partial charge in [-0.05, 0) is 18.1 Å². The van der Waals surface area contributed by atoms with Gasteiger partial charge in [0.1, 0.15) is 0 Å². The summed E-state index contributed by atoms with van der Waals surface area (Å²) in [6.07, 6.45) is 1.28. The van der Waals surface area contributed by atoms with Crippen LogP contribution in [0.25, 0.3) is 0 Å². The van der Waals surface area contributed by atoms with Crippen molar-refractivity contribution in [2.24, 2.45) is 5.92 Å². The van der Waals surface area contributed by atoms with Crippen LogP contribution < -0.4 is 0 Å². The van der Waals surface area contributed by atoms with E-state index in [1.807, 2.05) is 11.8 Å². The normalized spacial score (nSPS) is 11.2. The highest BCUT2D eigenvalue weighted by atomic mass is 32.2. The Hall–Kier alpha value is 0.230. The second kappa shape index (κ2) is 12.3. The number of aliphatic hydroxyl groups is 1. The van der Waals surface area contributed by atoms with Gasteiger partial charge in [-0.3, -0.25) is 0 Å². The molecule has 0 atom stereocenters. The Morgan fingerprint density at radius 2 is 1.67 bits per heavy atom. The van der Waals surface area contributed by atoms with E-state index >= 15 is 0 Å². The van der Waals surface area contributed by atoms with Crippen molar-refractivity contribution in [3.63, 3.8) is 0 Å². The van der Waals surface area contributed by atoms with Crippen LogP contribution in [0.1, 0.15) is 20.3 Å². The maximum absolute atomic E-state index is 8.44. The van der Waals surface area contributed by atoms with E-state index < -0.39 is 0 Å². The molecule has 0 saturated heterocycles. The Labute approximate surface area is 97.5 Å². The molecule has 0 fully saturated rings. The first-order valence-corrected chi connectivity index (χ1v) is 6.77. The Morgan fingerprint density at radius 1 is 1.00 bits per heavy atom. The van der Waals surface area contributed by atoms with E-state index in [0.29, 0.717) is 19.8 Å². The van der Waals surface area contributed by atoms with Gasteiger partial charge in [-0.25, -0.2) is 0 Å². The van der Waals surface area contributed by atoms with Gasteiger partial charge in [-0.1, -0.05) is 13.8 Å². The summed E-state index contributed by atoms with van der Waals surface area (Å²) < 4.78 is 10.4. The summed E-state index contributed by atoms with van der Waals surface area (Å²) in [6, 6.07) is 0. The van der Waals surface area contributed by atoms with Crippen LogP contribution in [0.3, 0.4) is 0 Å². The quantitative estimate of drug-likeness (QED) is 0.555. The van der Waals surface area contributed by atoms with E-state index in [0.717, 1.165) is 18.3 Å². The van der Waals surface area contributed by atoms with Crippen LogP contribution in [0.15, 0.2) is 0 Å². The van der Waals surface area contributed by atoms with E-state index in [9.17, 15) is 0 Å². The van der Waals surface area contributed by atoms with E-state index in [1.54, 1.807) is 0 Å². The molecule has 0 aromatic carbocycles. The van der Waals surface area contributed by atoms with Crippen LogP contribution in [0.2, 0.25) is 0 Å². The third kappa shape index (κ3) is 14.2. The molecule has 0 amide bonds. The first-order chi connectivity index (χ1) is 7.27. The number of thioether (sulfide) groups is 1. The lowest BCUT2D eigenvalue weighted by molar-refractivity contribution is 0.0377. The summed E-state index contributed by atoms with van der Waals surface area (Å²) in [7, 11) is 0. The van der Waals surface area contributed by atoms with Crippen molar-refractivity contribution in [1.82, 2.24) is 0 Å². The third-order valence-corrected chi connectivity index (χ3v) is 2.80. The van der Waals surface area contributed by atoms with E-state index in [-0.39, 0.29) is 6.61 Å². The van der Waals surface area contributed by atoms with Crippen LogP contribution in [0.5, 0.6) is 0 Å². The van der Waals surface area contributed by atoms with Gasteiger partial charge in [0.25, 0.3) is 0 Å². The maximum Gasteiger partial charge on any atom is 0.0701 e. The first-order valence-electron chi connectivity index (χ1n) is 5.61. The molecule has 0 bridgehead atoms. The summed E-state index contributed by atoms with van der Waals surface area (Å²) in [5, 5.41) is 8.44. The van der Waals surface area contributed by atoms with E-state index in [1.165, 1.54) is 12.2 Å². The Bertz CT molecular complexity index is 120. The van der Waals surface area contributed by atoms with Gasteiger partial charge >= 0.3 is 0 Å². The Morgan fingerprint density at radius 3 is 2.27 bits per heavy atom. The smallest absolute Gasteiger partial charge is 0.0701 e. The average Bonchev–Trinajstić information content (AvgIpc) is 2.20. The summed E-state index contributed by atoms with van der Waals surface area (Å²) in [4.78, 5) is 0. The molecule has 92 valence electrons. The highest BCUT2D eigenvalue weighted by Gasteiger charge is 1.94. The summed E-state index contributed by atoms with van der Waals surface area (Å²) >= 11 is 1.94. The van der Waals surface area contributed by atoms with Crippen molar-refractivity contribution in [2.45, 2.75) is 20.3 Å². The fraction of sp³-hybridized carbons (Fsp3) is 1.00. The van der Waals surface area contributed by atoms with Crippen molar-refractivity contribution >= 4 is 11.8 Å². The predicted octanol–water partition coefficient (Wildman–Crippen LogP) is 1.79. The highest BCUT2D eigenvalue weighted by molar-refractivity contribution is 7.99. The molecule has 15 heavy (non-hydrogen) atoms. The lowest BCUT2D eigenvalue weighted by atomic mass is 10.2. The minimum Gasteiger partial charge on any atom is -0.394 e. The molecule has 0 saturated carbocycles. The number of aliphatic hydroxyl groups excluding tert-OH is 1. The number of rotatable bonds is 11. The summed E-state index contributed by atoms with van der Waals surface area (Å²) in [5.41, 5.74) is 0. The first kappa shape index (κ1) is 15.2. The van der Waals surface area contributed by atoms with Crippen molar-refractivity contribution in [2.75, 3.05) is 44.5 Å². The van der Waals surface area contributed by atoms with E-state index in [2.05, 4.69) is 13.8 Å². The number of hydrogen-bond acceptors (Lipinski definition) is 4. The third-order valence-electron chi connectivity index (χ3n) is 1.82. The van der Waals surface area contributed by atoms with Crippen molar-refractivity contribution in [1.29, 1.82) is 0 Å². The molecule has 0 aromatic rings. The second-order valence-corrected chi connectivity index (χ2v) is 4.97. The van der Waals surface area contributed by atoms with Gasteiger partial charge < -0.3 is 14.6 Å². The van der Waals surface area contributed by atoms with Crippen LogP contribution in [-0.4, -0.2) is 49.6 Å². The summed E-state index contributed by atoms with van der Waals surface area (Å²) in [5.74, 6) is 3.08. The molecule has 1 N–H and O–H groups in total. The fourth-order valence-electron chi connectivity index (χ4n) is 0.925. The van der Waals surface area contributed by atoms with Gasteiger partial charge in [0.05, 0.1) is 33.0 Å². The minimum absolute atomic E-state index is 0.0883. The van der Waals surface area contributed by atoms with Crippen molar-refractivity contribution in [3.05, 3.63) is 0 Å². The molecule has 4 heteroatoms. The second-order valence-electron chi connectivity index (χ2n) is 3.74. The molecule has 0 unspecified atom stereocenters. The molecule has 0 aliphatic heterocycles. The molecule has 0 aliphatic rings. The lowest BCUT2D eigenvalue weighted by Gasteiger charge is -2.06. The van der Waals surface area contributed by atoms with Crippen LogP contribution in [-0.2, 0) is 9.47 Å². The predicted molar refractivity (Wildman–Crippen MR) is 65.5 cm³/mol. The standard InChI is InChI=1S/C11H24O3S/c1-11(2)3-9-15-10-8-14-7-6-13-5-4-12/h11-12H,3-10H2,1-2H3.